The number of hydrogen-bond acceptors (Lipinski definition) is 9. The van der Waals surface area contributed by atoms with E-state index in [2.05, 4.69) is 24.8 Å². The van der Waals surface area contributed by atoms with Gasteiger partial charge in [0.25, 0.3) is 5.56 Å². The zero-order valence-electron chi connectivity index (χ0n) is 17.9. The molecule has 174 valence electrons. The van der Waals surface area contributed by atoms with E-state index in [1.807, 2.05) is 0 Å². The van der Waals surface area contributed by atoms with Crippen LogP contribution in [0.15, 0.2) is 47.0 Å². The lowest BCUT2D eigenvalue weighted by molar-refractivity contribution is -0.142. The minimum absolute atomic E-state index is 0.00636. The summed E-state index contributed by atoms with van der Waals surface area (Å²) in [7, 11) is -2.66. The number of carbonyl (C=O) groups excluding carboxylic acids is 1. The lowest BCUT2D eigenvalue weighted by Gasteiger charge is -2.22. The van der Waals surface area contributed by atoms with Gasteiger partial charge in [0.05, 0.1) is 13.7 Å². The smallest absolute Gasteiger partial charge is 0.459 e. The second-order valence-electron chi connectivity index (χ2n) is 7.45. The molecule has 0 aliphatic heterocycles. The summed E-state index contributed by atoms with van der Waals surface area (Å²) < 4.78 is 30.9. The molecule has 1 fully saturated rings. The van der Waals surface area contributed by atoms with Gasteiger partial charge in [-0.25, -0.2) is 9.55 Å². The summed E-state index contributed by atoms with van der Waals surface area (Å²) in [6.07, 6.45) is 3.93. The second kappa shape index (κ2) is 9.18. The van der Waals surface area contributed by atoms with Gasteiger partial charge in [-0.05, 0) is 31.1 Å². The third kappa shape index (κ3) is 5.30. The highest BCUT2D eigenvalue weighted by Crippen LogP contribution is 2.48. The van der Waals surface area contributed by atoms with E-state index in [4.69, 9.17) is 14.8 Å². The van der Waals surface area contributed by atoms with Crippen LogP contribution in [0.5, 0.6) is 5.75 Å². The number of rotatable bonds is 9. The van der Waals surface area contributed by atoms with Gasteiger partial charge in [-0.2, -0.15) is 10.1 Å². The van der Waals surface area contributed by atoms with E-state index in [1.165, 1.54) is 20.4 Å². The average Bonchev–Trinajstić information content (AvgIpc) is 3.41. The van der Waals surface area contributed by atoms with Gasteiger partial charge in [0.1, 0.15) is 18.1 Å². The number of H-pyrrole nitrogens is 1. The number of esters is 1. The topological polar surface area (TPSA) is 163 Å². The molecule has 0 spiro atoms. The minimum atomic E-state index is -3.90. The standard InChI is InChI=1S/C20H23N6O6P/c1-12(19(28)30-2)25-33(29,32-15-6-4-3-5-7-15)31-10-14-8-13(14)9-26-11-22-16-17(26)23-20(21)24-18(16)27/h3-7,9,11-12,14H,8,10H2,1-2H3,(H,25,29)(H3,21,23,24,27)/b13-9-/t12-,14?,33?/m0/s1. The first-order chi connectivity index (χ1) is 15.8. The highest BCUT2D eigenvalue weighted by atomic mass is 31.2. The van der Waals surface area contributed by atoms with E-state index in [0.717, 1.165) is 5.57 Å². The van der Waals surface area contributed by atoms with Crippen LogP contribution in [0, 0.1) is 5.92 Å². The molecular formula is C20H23N6O6P. The van der Waals surface area contributed by atoms with Crippen molar-refractivity contribution in [2.75, 3.05) is 19.5 Å². The van der Waals surface area contributed by atoms with Gasteiger partial charge < -0.3 is 15.0 Å². The van der Waals surface area contributed by atoms with Crippen LogP contribution in [-0.2, 0) is 18.6 Å². The van der Waals surface area contributed by atoms with Crippen LogP contribution in [0.2, 0.25) is 0 Å². The molecule has 13 heteroatoms. The van der Waals surface area contributed by atoms with Crippen molar-refractivity contribution in [3.63, 3.8) is 0 Å². The molecule has 1 aliphatic carbocycles. The Labute approximate surface area is 188 Å². The van der Waals surface area contributed by atoms with Crippen molar-refractivity contribution in [1.29, 1.82) is 0 Å². The Balaban J connectivity index is 1.47. The van der Waals surface area contributed by atoms with Crippen LogP contribution < -0.4 is 20.9 Å². The molecule has 2 heterocycles. The maximum Gasteiger partial charge on any atom is 0.459 e. The third-order valence-corrected chi connectivity index (χ3v) is 6.57. The van der Waals surface area contributed by atoms with Gasteiger partial charge in [-0.15, -0.1) is 0 Å². The number of aromatic amines is 1. The summed E-state index contributed by atoms with van der Waals surface area (Å²) in [6.45, 7) is 1.59. The second-order valence-corrected chi connectivity index (χ2v) is 9.15. The van der Waals surface area contributed by atoms with Crippen LogP contribution in [0.1, 0.15) is 13.3 Å². The zero-order valence-corrected chi connectivity index (χ0v) is 18.8. The monoisotopic (exact) mass is 474 g/mol. The number of nitrogens with two attached hydrogens (primary N) is 1. The molecule has 3 atom stereocenters. The number of para-hydroxylation sites is 1. The average molecular weight is 474 g/mol. The summed E-state index contributed by atoms with van der Waals surface area (Å²) in [5.41, 5.74) is 6.69. The molecule has 4 rings (SSSR count). The summed E-state index contributed by atoms with van der Waals surface area (Å²) in [5.74, 6) is -0.315. The van der Waals surface area contributed by atoms with Crippen LogP contribution >= 0.6 is 7.75 Å². The SMILES string of the molecule is COC(=O)[C@H](C)NP(=O)(OCC1C/C1=C/n1cnc2c(=O)[nH]c(N)nc21)Oc1ccccc1. The molecule has 0 radical (unpaired) electrons. The number of nitrogens with zero attached hydrogens (tertiary/aromatic N) is 3. The first-order valence-corrected chi connectivity index (χ1v) is 11.6. The van der Waals surface area contributed by atoms with Crippen molar-refractivity contribution in [1.82, 2.24) is 24.6 Å². The number of carbonyl (C=O) groups is 1. The molecule has 4 N–H and O–H groups in total. The number of fused-ring (bicyclic) bond motifs is 1. The van der Waals surface area contributed by atoms with E-state index >= 15 is 0 Å². The fourth-order valence-electron chi connectivity index (χ4n) is 3.13. The number of imidazole rings is 1. The Bertz CT molecular complexity index is 1300. The van der Waals surface area contributed by atoms with Crippen molar-refractivity contribution in [3.05, 3.63) is 52.6 Å². The van der Waals surface area contributed by atoms with E-state index in [0.29, 0.717) is 17.8 Å². The van der Waals surface area contributed by atoms with Crippen LogP contribution in [0.4, 0.5) is 5.95 Å². The van der Waals surface area contributed by atoms with Gasteiger partial charge in [-0.1, -0.05) is 18.2 Å². The van der Waals surface area contributed by atoms with Crippen molar-refractivity contribution in [2.24, 2.45) is 5.92 Å². The lowest BCUT2D eigenvalue weighted by atomic mass is 10.3. The quantitative estimate of drug-likeness (QED) is 0.308. The predicted octanol–water partition coefficient (Wildman–Crippen LogP) is 1.92. The molecule has 0 saturated heterocycles. The molecule has 0 bridgehead atoms. The fourth-order valence-corrected chi connectivity index (χ4v) is 4.67. The lowest BCUT2D eigenvalue weighted by Crippen LogP contribution is -2.34. The number of methoxy groups -OCH3 is 1. The van der Waals surface area contributed by atoms with Crippen molar-refractivity contribution in [3.8, 4) is 5.75 Å². The predicted molar refractivity (Wildman–Crippen MR) is 120 cm³/mol. The molecule has 33 heavy (non-hydrogen) atoms. The third-order valence-electron chi connectivity index (χ3n) is 4.92. The Morgan fingerprint density at radius 1 is 1.42 bits per heavy atom. The molecule has 3 aromatic rings. The van der Waals surface area contributed by atoms with Crippen molar-refractivity contribution >= 4 is 37.0 Å². The molecule has 12 nitrogen and oxygen atoms in total. The molecule has 2 unspecified atom stereocenters. The van der Waals surface area contributed by atoms with Gasteiger partial charge in [-0.3, -0.25) is 23.7 Å². The van der Waals surface area contributed by atoms with Gasteiger partial charge in [0.15, 0.2) is 11.2 Å². The number of nitrogen functional groups attached to an aromatic ring is 1. The van der Waals surface area contributed by atoms with Gasteiger partial charge in [0, 0.05) is 12.1 Å². The van der Waals surface area contributed by atoms with Crippen LogP contribution in [0.25, 0.3) is 17.4 Å². The zero-order chi connectivity index (χ0) is 23.6. The molecule has 0 amide bonds. The number of ether oxygens (including phenoxy) is 1. The number of anilines is 1. The fraction of sp³-hybridized carbons (Fsp3) is 0.300. The first kappa shape index (κ1) is 22.7. The molecule has 2 aromatic heterocycles. The van der Waals surface area contributed by atoms with E-state index in [1.54, 1.807) is 41.1 Å². The van der Waals surface area contributed by atoms with Gasteiger partial charge in [0.2, 0.25) is 5.95 Å². The summed E-state index contributed by atoms with van der Waals surface area (Å²) in [5, 5.41) is 2.61. The Morgan fingerprint density at radius 3 is 2.91 bits per heavy atom. The Morgan fingerprint density at radius 2 is 2.18 bits per heavy atom. The van der Waals surface area contributed by atoms with Crippen LogP contribution in [-0.4, -0.2) is 45.2 Å². The highest BCUT2D eigenvalue weighted by Gasteiger charge is 2.37. The Kier molecular flexibility index (Phi) is 6.32. The normalized spacial score (nSPS) is 19.2. The summed E-state index contributed by atoms with van der Waals surface area (Å²) in [6, 6.07) is 7.60. The number of benzene rings is 1. The minimum Gasteiger partial charge on any atom is -0.468 e. The Hall–Kier alpha value is -3.47. The summed E-state index contributed by atoms with van der Waals surface area (Å²) >= 11 is 0. The number of hydrogen-bond donors (Lipinski definition) is 3. The van der Waals surface area contributed by atoms with E-state index in [-0.39, 0.29) is 24.0 Å². The van der Waals surface area contributed by atoms with Crippen LogP contribution in [0.3, 0.4) is 0 Å². The first-order valence-electron chi connectivity index (χ1n) is 10.1. The largest absolute Gasteiger partial charge is 0.468 e. The molecular weight excluding hydrogens is 451 g/mol. The van der Waals surface area contributed by atoms with Gasteiger partial charge >= 0.3 is 13.7 Å². The number of nitrogens with one attached hydrogen (secondary N) is 2. The maximum atomic E-state index is 13.4. The number of aromatic nitrogens is 4. The molecule has 1 saturated carbocycles. The maximum absolute atomic E-state index is 13.4. The summed E-state index contributed by atoms with van der Waals surface area (Å²) in [4.78, 5) is 34.3. The van der Waals surface area contributed by atoms with E-state index < -0.39 is 25.3 Å². The highest BCUT2D eigenvalue weighted by molar-refractivity contribution is 7.52. The molecule has 1 aromatic carbocycles. The van der Waals surface area contributed by atoms with Crippen molar-refractivity contribution in [2.45, 2.75) is 19.4 Å². The van der Waals surface area contributed by atoms with Crippen molar-refractivity contribution < 1.29 is 23.1 Å². The van der Waals surface area contributed by atoms with E-state index in [9.17, 15) is 14.2 Å². The molecule has 1 aliphatic rings.